The summed E-state index contributed by atoms with van der Waals surface area (Å²) in [6.07, 6.45) is 5.65. The van der Waals surface area contributed by atoms with Gasteiger partial charge in [-0.25, -0.2) is 0 Å². The highest BCUT2D eigenvalue weighted by Crippen LogP contribution is 2.32. The number of hydrogen-bond donors (Lipinski definition) is 2. The number of nitrogens with one attached hydrogen (secondary N) is 1. The number of rotatable bonds is 7. The summed E-state index contributed by atoms with van der Waals surface area (Å²) in [7, 11) is 0. The Morgan fingerprint density at radius 2 is 2.00 bits per heavy atom. The standard InChI is InChI=1S/C19H30N2O/c1-2-19(22)11-16-10-17(14-21(13-16)18-8-9-18)20-12-15-6-4-3-5-7-15/h3-7,16-20,22H,2,8-14H2,1H3. The molecule has 1 aromatic carbocycles. The van der Waals surface area contributed by atoms with Crippen LogP contribution in [0.15, 0.2) is 30.3 Å². The van der Waals surface area contributed by atoms with Crippen LogP contribution in [-0.4, -0.2) is 41.3 Å². The van der Waals surface area contributed by atoms with Gasteiger partial charge >= 0.3 is 0 Å². The fraction of sp³-hybridized carbons (Fsp3) is 0.684. The van der Waals surface area contributed by atoms with Gasteiger partial charge in [0.25, 0.3) is 0 Å². The van der Waals surface area contributed by atoms with E-state index < -0.39 is 0 Å². The summed E-state index contributed by atoms with van der Waals surface area (Å²) in [4.78, 5) is 2.67. The van der Waals surface area contributed by atoms with Gasteiger partial charge in [-0.2, -0.15) is 0 Å². The van der Waals surface area contributed by atoms with Crippen LogP contribution < -0.4 is 5.32 Å². The molecule has 1 saturated carbocycles. The van der Waals surface area contributed by atoms with E-state index >= 15 is 0 Å². The molecule has 2 N–H and O–H groups in total. The van der Waals surface area contributed by atoms with Crippen molar-refractivity contribution in [3.8, 4) is 0 Å². The molecule has 3 heteroatoms. The first-order chi connectivity index (χ1) is 10.7. The first-order valence-corrected chi connectivity index (χ1v) is 8.94. The SMILES string of the molecule is CCC(O)CC1CC(NCc2ccccc2)CN(C2CC2)C1. The highest BCUT2D eigenvalue weighted by atomic mass is 16.3. The summed E-state index contributed by atoms with van der Waals surface area (Å²) >= 11 is 0. The summed E-state index contributed by atoms with van der Waals surface area (Å²) in [5.41, 5.74) is 1.36. The average Bonchev–Trinajstić information content (AvgIpc) is 3.38. The maximum absolute atomic E-state index is 10.0. The highest BCUT2D eigenvalue weighted by molar-refractivity contribution is 5.14. The van der Waals surface area contributed by atoms with Crippen molar-refractivity contribution in [1.29, 1.82) is 0 Å². The number of benzene rings is 1. The molecule has 1 aromatic rings. The van der Waals surface area contributed by atoms with Gasteiger partial charge in [-0.1, -0.05) is 37.3 Å². The molecule has 1 saturated heterocycles. The van der Waals surface area contributed by atoms with Gasteiger partial charge < -0.3 is 10.4 Å². The van der Waals surface area contributed by atoms with E-state index in [1.807, 2.05) is 0 Å². The quantitative estimate of drug-likeness (QED) is 0.813. The van der Waals surface area contributed by atoms with Crippen LogP contribution in [0.3, 0.4) is 0 Å². The predicted octanol–water partition coefficient (Wildman–Crippen LogP) is 2.79. The molecule has 3 atom stereocenters. The zero-order valence-electron chi connectivity index (χ0n) is 13.7. The second-order valence-corrected chi connectivity index (χ2v) is 7.15. The van der Waals surface area contributed by atoms with Gasteiger partial charge in [0, 0.05) is 31.7 Å². The third-order valence-electron chi connectivity index (χ3n) is 5.14. The lowest BCUT2D eigenvalue weighted by Gasteiger charge is -2.39. The highest BCUT2D eigenvalue weighted by Gasteiger charge is 2.36. The zero-order valence-corrected chi connectivity index (χ0v) is 13.7. The minimum absolute atomic E-state index is 0.126. The number of piperidine rings is 1. The topological polar surface area (TPSA) is 35.5 Å². The van der Waals surface area contributed by atoms with Gasteiger partial charge in [0.1, 0.15) is 0 Å². The van der Waals surface area contributed by atoms with E-state index in [0.29, 0.717) is 12.0 Å². The Hall–Kier alpha value is -0.900. The van der Waals surface area contributed by atoms with Crippen molar-refractivity contribution >= 4 is 0 Å². The Labute approximate surface area is 134 Å². The number of nitrogens with zero attached hydrogens (tertiary/aromatic N) is 1. The molecule has 22 heavy (non-hydrogen) atoms. The van der Waals surface area contributed by atoms with Crippen molar-refractivity contribution < 1.29 is 5.11 Å². The molecule has 122 valence electrons. The van der Waals surface area contributed by atoms with Crippen LogP contribution in [0.5, 0.6) is 0 Å². The van der Waals surface area contributed by atoms with E-state index in [0.717, 1.165) is 25.4 Å². The van der Waals surface area contributed by atoms with Gasteiger partial charge in [0.2, 0.25) is 0 Å². The molecule has 2 fully saturated rings. The summed E-state index contributed by atoms with van der Waals surface area (Å²) in [6, 6.07) is 12.0. The van der Waals surface area contributed by atoms with E-state index in [2.05, 4.69) is 47.5 Å². The molecule has 3 rings (SSSR count). The molecule has 0 spiro atoms. The largest absolute Gasteiger partial charge is 0.393 e. The van der Waals surface area contributed by atoms with Crippen LogP contribution >= 0.6 is 0 Å². The molecule has 1 aliphatic carbocycles. The second kappa shape index (κ2) is 7.58. The monoisotopic (exact) mass is 302 g/mol. The second-order valence-electron chi connectivity index (χ2n) is 7.15. The third-order valence-corrected chi connectivity index (χ3v) is 5.14. The number of aliphatic hydroxyl groups excluding tert-OH is 1. The van der Waals surface area contributed by atoms with Crippen LogP contribution in [0.4, 0.5) is 0 Å². The first-order valence-electron chi connectivity index (χ1n) is 8.94. The fourth-order valence-electron chi connectivity index (χ4n) is 3.71. The Morgan fingerprint density at radius 1 is 1.23 bits per heavy atom. The van der Waals surface area contributed by atoms with Crippen molar-refractivity contribution in [3.05, 3.63) is 35.9 Å². The minimum atomic E-state index is -0.126. The van der Waals surface area contributed by atoms with Gasteiger partial charge in [-0.3, -0.25) is 4.90 Å². The molecular weight excluding hydrogens is 272 g/mol. The van der Waals surface area contributed by atoms with Gasteiger partial charge in [0.05, 0.1) is 6.10 Å². The number of likely N-dealkylation sites (tertiary alicyclic amines) is 1. The van der Waals surface area contributed by atoms with Crippen LogP contribution in [0.2, 0.25) is 0 Å². The molecule has 1 heterocycles. The lowest BCUT2D eigenvalue weighted by atomic mass is 9.88. The maximum Gasteiger partial charge on any atom is 0.0540 e. The van der Waals surface area contributed by atoms with Crippen LogP contribution in [0, 0.1) is 5.92 Å². The normalized spacial score (nSPS) is 27.7. The molecule has 0 amide bonds. The summed E-state index contributed by atoms with van der Waals surface area (Å²) in [6.45, 7) is 5.39. The Kier molecular flexibility index (Phi) is 5.51. The first kappa shape index (κ1) is 16.0. The predicted molar refractivity (Wildman–Crippen MR) is 90.7 cm³/mol. The van der Waals surface area contributed by atoms with Crippen molar-refractivity contribution in [2.24, 2.45) is 5.92 Å². The molecule has 1 aliphatic heterocycles. The number of hydrogen-bond acceptors (Lipinski definition) is 3. The Morgan fingerprint density at radius 3 is 2.68 bits per heavy atom. The van der Waals surface area contributed by atoms with E-state index in [-0.39, 0.29) is 6.10 Å². The van der Waals surface area contributed by atoms with E-state index in [1.54, 1.807) is 0 Å². The zero-order chi connectivity index (χ0) is 15.4. The summed E-state index contributed by atoms with van der Waals surface area (Å²) < 4.78 is 0. The smallest absolute Gasteiger partial charge is 0.0540 e. The molecule has 0 aromatic heterocycles. The van der Waals surface area contributed by atoms with Crippen LogP contribution in [0.25, 0.3) is 0 Å². The van der Waals surface area contributed by atoms with E-state index in [1.165, 1.54) is 37.9 Å². The molecule has 2 aliphatic rings. The summed E-state index contributed by atoms with van der Waals surface area (Å²) in [5, 5.41) is 13.8. The van der Waals surface area contributed by atoms with Gasteiger partial charge in [-0.05, 0) is 43.6 Å². The Balaban J connectivity index is 1.54. The Bertz CT molecular complexity index is 446. The van der Waals surface area contributed by atoms with Crippen molar-refractivity contribution in [2.75, 3.05) is 13.1 Å². The molecule has 0 bridgehead atoms. The molecule has 3 nitrogen and oxygen atoms in total. The van der Waals surface area contributed by atoms with Crippen molar-refractivity contribution in [2.45, 2.75) is 63.8 Å². The van der Waals surface area contributed by atoms with Crippen molar-refractivity contribution in [3.63, 3.8) is 0 Å². The number of aliphatic hydroxyl groups is 1. The molecular formula is C19H30N2O. The maximum atomic E-state index is 10.0. The third kappa shape index (κ3) is 4.55. The van der Waals surface area contributed by atoms with E-state index in [4.69, 9.17) is 0 Å². The average molecular weight is 302 g/mol. The van der Waals surface area contributed by atoms with Crippen LogP contribution in [0.1, 0.15) is 44.6 Å². The minimum Gasteiger partial charge on any atom is -0.393 e. The van der Waals surface area contributed by atoms with Crippen LogP contribution in [-0.2, 0) is 6.54 Å². The van der Waals surface area contributed by atoms with Crippen molar-refractivity contribution in [1.82, 2.24) is 10.2 Å². The van der Waals surface area contributed by atoms with Gasteiger partial charge in [-0.15, -0.1) is 0 Å². The lowest BCUT2D eigenvalue weighted by Crippen LogP contribution is -2.50. The molecule has 0 radical (unpaired) electrons. The summed E-state index contributed by atoms with van der Waals surface area (Å²) in [5.74, 6) is 0.637. The van der Waals surface area contributed by atoms with E-state index in [9.17, 15) is 5.11 Å². The fourth-order valence-corrected chi connectivity index (χ4v) is 3.71. The van der Waals surface area contributed by atoms with Gasteiger partial charge in [0.15, 0.2) is 0 Å². The lowest BCUT2D eigenvalue weighted by molar-refractivity contribution is 0.0799. The molecule has 3 unspecified atom stereocenters.